The Hall–Kier alpha value is -1.25. The average Bonchev–Trinajstić information content (AvgIpc) is 2.51. The molecule has 0 radical (unpaired) electrons. The molecule has 0 unspecified atom stereocenters. The van der Waals surface area contributed by atoms with Gasteiger partial charge in [0.15, 0.2) is 17.5 Å². The van der Waals surface area contributed by atoms with Gasteiger partial charge in [-0.25, -0.2) is 13.2 Å². The van der Waals surface area contributed by atoms with Gasteiger partial charge in [-0.15, -0.1) is 0 Å². The monoisotopic (exact) mass is 348 g/mol. The van der Waals surface area contributed by atoms with Gasteiger partial charge in [0.05, 0.1) is 0 Å². The van der Waals surface area contributed by atoms with Crippen LogP contribution in [0.1, 0.15) is 70.3 Å². The second kappa shape index (κ2) is 6.48. The van der Waals surface area contributed by atoms with Gasteiger partial charge < -0.3 is 0 Å². The van der Waals surface area contributed by atoms with Crippen LogP contribution >= 0.6 is 0 Å². The summed E-state index contributed by atoms with van der Waals surface area (Å²) in [5.74, 6) is -0.882. The molecule has 1 aromatic rings. The Labute approximate surface area is 148 Å². The van der Waals surface area contributed by atoms with Crippen LogP contribution in [0.15, 0.2) is 18.2 Å². The van der Waals surface area contributed by atoms with Crippen molar-refractivity contribution in [3.63, 3.8) is 0 Å². The number of rotatable bonds is 4. The molecule has 0 atom stereocenters. The Balaban J connectivity index is 1.33. The Bertz CT molecular complexity index is 654. The summed E-state index contributed by atoms with van der Waals surface area (Å²) in [5.41, 5.74) is 1.75. The number of hydrogen-bond donors (Lipinski definition) is 0. The van der Waals surface area contributed by atoms with E-state index in [1.54, 1.807) is 0 Å². The quantitative estimate of drug-likeness (QED) is 0.519. The van der Waals surface area contributed by atoms with E-state index >= 15 is 0 Å². The number of hydrogen-bond acceptors (Lipinski definition) is 0. The van der Waals surface area contributed by atoms with Crippen LogP contribution in [0.25, 0.3) is 5.57 Å². The Morgan fingerprint density at radius 2 is 1.56 bits per heavy atom. The van der Waals surface area contributed by atoms with Gasteiger partial charge in [0, 0.05) is 0 Å². The van der Waals surface area contributed by atoms with Crippen molar-refractivity contribution in [3.8, 4) is 0 Å². The molecule has 1 spiro atoms. The molecule has 0 aliphatic heterocycles. The van der Waals surface area contributed by atoms with E-state index in [0.29, 0.717) is 5.56 Å². The molecule has 3 aliphatic rings. The Kier molecular flexibility index (Phi) is 4.45. The Morgan fingerprint density at radius 1 is 0.960 bits per heavy atom. The highest BCUT2D eigenvalue weighted by Gasteiger charge is 2.50. The molecule has 0 nitrogen and oxygen atoms in total. The molecule has 3 heteroatoms. The number of allylic oxidation sites excluding steroid dienone is 2. The van der Waals surface area contributed by atoms with Crippen molar-refractivity contribution >= 4 is 5.57 Å². The third-order valence-corrected chi connectivity index (χ3v) is 6.97. The average molecular weight is 348 g/mol. The highest BCUT2D eigenvalue weighted by atomic mass is 19.2. The summed E-state index contributed by atoms with van der Waals surface area (Å²) in [5, 5.41) is 0. The zero-order valence-corrected chi connectivity index (χ0v) is 15.0. The molecule has 25 heavy (non-hydrogen) atoms. The van der Waals surface area contributed by atoms with E-state index in [9.17, 15) is 13.2 Å². The van der Waals surface area contributed by atoms with E-state index in [0.717, 1.165) is 41.9 Å². The van der Waals surface area contributed by atoms with Crippen molar-refractivity contribution in [1.29, 1.82) is 0 Å². The topological polar surface area (TPSA) is 0 Å². The fourth-order valence-electron chi connectivity index (χ4n) is 5.58. The van der Waals surface area contributed by atoms with Crippen LogP contribution in [0.5, 0.6) is 0 Å². The summed E-state index contributed by atoms with van der Waals surface area (Å²) in [6.45, 7) is 2.28. The van der Waals surface area contributed by atoms with Crippen molar-refractivity contribution < 1.29 is 13.2 Å². The molecule has 0 N–H and O–H groups in total. The minimum Gasteiger partial charge on any atom is -0.204 e. The van der Waals surface area contributed by atoms with Gasteiger partial charge in [-0.2, -0.15) is 0 Å². The summed E-state index contributed by atoms with van der Waals surface area (Å²) >= 11 is 0. The lowest BCUT2D eigenvalue weighted by atomic mass is 9.49. The van der Waals surface area contributed by atoms with Gasteiger partial charge in [-0.3, -0.25) is 0 Å². The predicted octanol–water partition coefficient (Wildman–Crippen LogP) is 6.89. The molecule has 2 saturated carbocycles. The molecule has 1 aromatic carbocycles. The molecule has 2 fully saturated rings. The number of benzene rings is 1. The van der Waals surface area contributed by atoms with Gasteiger partial charge >= 0.3 is 0 Å². The summed E-state index contributed by atoms with van der Waals surface area (Å²) in [7, 11) is 0. The van der Waals surface area contributed by atoms with Crippen LogP contribution in [0.4, 0.5) is 13.2 Å². The fraction of sp³-hybridized carbons (Fsp3) is 0.636. The van der Waals surface area contributed by atoms with E-state index in [-0.39, 0.29) is 5.41 Å². The first-order valence-electron chi connectivity index (χ1n) is 9.86. The maximum absolute atomic E-state index is 13.4. The smallest absolute Gasteiger partial charge is 0.194 e. The van der Waals surface area contributed by atoms with Crippen LogP contribution in [0.2, 0.25) is 0 Å². The van der Waals surface area contributed by atoms with Crippen LogP contribution in [-0.4, -0.2) is 0 Å². The maximum Gasteiger partial charge on any atom is 0.194 e. The lowest BCUT2D eigenvalue weighted by Crippen LogP contribution is -2.44. The van der Waals surface area contributed by atoms with Gasteiger partial charge in [0.25, 0.3) is 0 Å². The first-order valence-corrected chi connectivity index (χ1v) is 9.86. The lowest BCUT2D eigenvalue weighted by Gasteiger charge is -2.55. The summed E-state index contributed by atoms with van der Waals surface area (Å²) in [4.78, 5) is 0. The van der Waals surface area contributed by atoms with E-state index in [1.807, 2.05) is 0 Å². The van der Waals surface area contributed by atoms with Gasteiger partial charge in [-0.1, -0.05) is 38.7 Å². The Morgan fingerprint density at radius 3 is 2.12 bits per heavy atom. The molecule has 0 aromatic heterocycles. The van der Waals surface area contributed by atoms with Gasteiger partial charge in [0.1, 0.15) is 0 Å². The molecule has 4 rings (SSSR count). The molecule has 0 saturated heterocycles. The zero-order valence-electron chi connectivity index (χ0n) is 15.0. The van der Waals surface area contributed by atoms with E-state index in [4.69, 9.17) is 0 Å². The second-order valence-corrected chi connectivity index (χ2v) is 8.70. The molecule has 0 heterocycles. The molecular formula is C22H27F3. The van der Waals surface area contributed by atoms with Crippen LogP contribution in [-0.2, 0) is 0 Å². The largest absolute Gasteiger partial charge is 0.204 e. The van der Waals surface area contributed by atoms with E-state index < -0.39 is 17.5 Å². The van der Waals surface area contributed by atoms with Crippen molar-refractivity contribution in [2.45, 2.75) is 64.7 Å². The molecule has 136 valence electrons. The highest BCUT2D eigenvalue weighted by molar-refractivity contribution is 5.73. The highest BCUT2D eigenvalue weighted by Crippen LogP contribution is 2.62. The molecule has 0 amide bonds. The molecule has 3 aliphatic carbocycles. The zero-order chi connectivity index (χ0) is 17.6. The molecule has 0 bridgehead atoms. The van der Waals surface area contributed by atoms with Gasteiger partial charge in [-0.05, 0) is 78.5 Å². The minimum absolute atomic E-state index is 0.265. The van der Waals surface area contributed by atoms with E-state index in [2.05, 4.69) is 13.0 Å². The normalized spacial score (nSPS) is 34.4. The first kappa shape index (κ1) is 17.2. The first-order chi connectivity index (χ1) is 12.0. The van der Waals surface area contributed by atoms with Crippen molar-refractivity contribution in [1.82, 2.24) is 0 Å². The third kappa shape index (κ3) is 3.15. The standard InChI is InChI=1S/C22H27F3/c1-2-3-14-4-6-15(7-5-14)17-10-22(11-17)12-18(13-22)16-8-19(23)21(25)20(24)9-16/h8-9,12,14-15,17H,2-7,10-11,13H2,1H3. The summed E-state index contributed by atoms with van der Waals surface area (Å²) in [6, 6.07) is 2.25. The lowest BCUT2D eigenvalue weighted by molar-refractivity contribution is 0.0286. The van der Waals surface area contributed by atoms with E-state index in [1.165, 1.54) is 51.4 Å². The second-order valence-electron chi connectivity index (χ2n) is 8.70. The van der Waals surface area contributed by atoms with Crippen LogP contribution in [0, 0.1) is 40.6 Å². The summed E-state index contributed by atoms with van der Waals surface area (Å²) in [6.07, 6.45) is 13.8. The van der Waals surface area contributed by atoms with Crippen LogP contribution < -0.4 is 0 Å². The van der Waals surface area contributed by atoms with Crippen LogP contribution in [0.3, 0.4) is 0 Å². The fourth-order valence-corrected chi connectivity index (χ4v) is 5.58. The van der Waals surface area contributed by atoms with Crippen molar-refractivity contribution in [3.05, 3.63) is 41.2 Å². The van der Waals surface area contributed by atoms with Gasteiger partial charge in [0.2, 0.25) is 0 Å². The maximum atomic E-state index is 13.4. The van der Waals surface area contributed by atoms with Crippen molar-refractivity contribution in [2.24, 2.45) is 23.2 Å². The number of halogens is 3. The minimum atomic E-state index is -1.37. The SMILES string of the molecule is CCCC1CCC(C2CC3(C=C(c4cc(F)c(F)c(F)c4)C3)C2)CC1. The molecular weight excluding hydrogens is 321 g/mol. The predicted molar refractivity (Wildman–Crippen MR) is 94.4 cm³/mol. The third-order valence-electron chi connectivity index (χ3n) is 6.97. The van der Waals surface area contributed by atoms with Crippen molar-refractivity contribution in [2.75, 3.05) is 0 Å². The summed E-state index contributed by atoms with van der Waals surface area (Å²) < 4.78 is 39.9.